The molecule has 0 radical (unpaired) electrons. The number of carbonyl (C=O) groups is 2. The summed E-state index contributed by atoms with van der Waals surface area (Å²) >= 11 is 0. The molecule has 1 aliphatic rings. The fourth-order valence-electron chi connectivity index (χ4n) is 4.34. The maximum absolute atomic E-state index is 13.1. The highest BCUT2D eigenvalue weighted by Crippen LogP contribution is 2.29. The van der Waals surface area contributed by atoms with Gasteiger partial charge in [0.05, 0.1) is 11.9 Å². The molecule has 3 atom stereocenters. The summed E-state index contributed by atoms with van der Waals surface area (Å²) in [6.07, 6.45) is 1.35. The first-order valence-corrected chi connectivity index (χ1v) is 11.4. The van der Waals surface area contributed by atoms with Crippen molar-refractivity contribution < 1.29 is 9.59 Å². The Morgan fingerprint density at radius 2 is 1.88 bits per heavy atom. The highest BCUT2D eigenvalue weighted by molar-refractivity contribution is 5.95. The topological polar surface area (TPSA) is 82.1 Å². The second kappa shape index (κ2) is 9.68. The minimum atomic E-state index is -0.395. The lowest BCUT2D eigenvalue weighted by molar-refractivity contribution is -0.123. The van der Waals surface area contributed by atoms with E-state index in [1.54, 1.807) is 0 Å². The monoisotopic (exact) mass is 433 g/mol. The smallest absolute Gasteiger partial charge is 0.251 e. The Labute approximate surface area is 191 Å². The van der Waals surface area contributed by atoms with E-state index in [1.165, 1.54) is 0 Å². The molecule has 32 heavy (non-hydrogen) atoms. The molecule has 2 aromatic carbocycles. The lowest BCUT2D eigenvalue weighted by atomic mass is 9.81. The number of nitrogens with one attached hydrogen (secondary N) is 3. The molecule has 0 aromatic heterocycles. The predicted molar refractivity (Wildman–Crippen MR) is 129 cm³/mol. The van der Waals surface area contributed by atoms with Crippen LogP contribution in [0.1, 0.15) is 73.6 Å². The van der Waals surface area contributed by atoms with E-state index in [4.69, 9.17) is 5.41 Å². The molecule has 0 bridgehead atoms. The highest BCUT2D eigenvalue weighted by atomic mass is 16.1. The quantitative estimate of drug-likeness (QED) is 0.600. The molecular formula is C27H35N3O2. The summed E-state index contributed by atoms with van der Waals surface area (Å²) in [4.78, 5) is 26.0. The van der Waals surface area contributed by atoms with E-state index >= 15 is 0 Å². The third-order valence-electron chi connectivity index (χ3n) is 6.69. The molecule has 0 aliphatic carbocycles. The Morgan fingerprint density at radius 3 is 2.53 bits per heavy atom. The standard InChI is InChI=1S/C27H35N3O2/c1-17(2)27(5)16-24(31)22(15-25(28)30-27)13-20-11-18(3)12-23(14-20)26(32)29-19(4)21-9-7-6-8-10-21/h6-12,14,17,19,22H,13,15-16H2,1-5H3,(H2,28,30)(H,29,32)/t19-,22?,27+/m1/s1. The Kier molecular flexibility index (Phi) is 7.17. The lowest BCUT2D eigenvalue weighted by Crippen LogP contribution is -2.49. The van der Waals surface area contributed by atoms with Crippen LogP contribution in [0, 0.1) is 24.2 Å². The van der Waals surface area contributed by atoms with Crippen molar-refractivity contribution in [3.05, 3.63) is 70.8 Å². The van der Waals surface area contributed by atoms with Crippen molar-refractivity contribution in [3.63, 3.8) is 0 Å². The van der Waals surface area contributed by atoms with Gasteiger partial charge in [0, 0.05) is 29.9 Å². The van der Waals surface area contributed by atoms with Crippen LogP contribution in [0.5, 0.6) is 0 Å². The van der Waals surface area contributed by atoms with Gasteiger partial charge in [0.2, 0.25) is 0 Å². The summed E-state index contributed by atoms with van der Waals surface area (Å²) in [5.74, 6) is 0.462. The molecule has 3 N–H and O–H groups in total. The second-order valence-corrected chi connectivity index (χ2v) is 9.74. The number of benzene rings is 2. The van der Waals surface area contributed by atoms with Gasteiger partial charge in [-0.1, -0.05) is 55.8 Å². The van der Waals surface area contributed by atoms with E-state index in [2.05, 4.69) is 24.5 Å². The largest absolute Gasteiger partial charge is 0.368 e. The van der Waals surface area contributed by atoms with Crippen LogP contribution < -0.4 is 10.6 Å². The normalized spacial score (nSPS) is 22.2. The van der Waals surface area contributed by atoms with Gasteiger partial charge >= 0.3 is 0 Å². The molecule has 1 heterocycles. The third kappa shape index (κ3) is 5.64. The van der Waals surface area contributed by atoms with Crippen LogP contribution >= 0.6 is 0 Å². The third-order valence-corrected chi connectivity index (χ3v) is 6.69. The molecule has 170 valence electrons. The van der Waals surface area contributed by atoms with Crippen molar-refractivity contribution in [1.29, 1.82) is 5.41 Å². The summed E-state index contributed by atoms with van der Waals surface area (Å²) in [5, 5.41) is 14.7. The number of hydrogen-bond acceptors (Lipinski definition) is 3. The van der Waals surface area contributed by atoms with Gasteiger partial charge < -0.3 is 10.6 Å². The average Bonchev–Trinajstić information content (AvgIpc) is 2.83. The Hall–Kier alpha value is -2.95. The first kappa shape index (κ1) is 23.7. The minimum Gasteiger partial charge on any atom is -0.368 e. The Bertz CT molecular complexity index is 999. The van der Waals surface area contributed by atoms with E-state index in [0.717, 1.165) is 16.7 Å². The van der Waals surface area contributed by atoms with Gasteiger partial charge in [-0.15, -0.1) is 0 Å². The van der Waals surface area contributed by atoms with Gasteiger partial charge in [0.15, 0.2) is 0 Å². The molecule has 2 aromatic rings. The molecule has 1 fully saturated rings. The second-order valence-electron chi connectivity index (χ2n) is 9.74. The first-order chi connectivity index (χ1) is 15.1. The number of carbonyl (C=O) groups excluding carboxylic acids is 2. The molecule has 0 saturated carbocycles. The Morgan fingerprint density at radius 1 is 1.19 bits per heavy atom. The number of aryl methyl sites for hydroxylation is 1. The highest BCUT2D eigenvalue weighted by Gasteiger charge is 2.38. The van der Waals surface area contributed by atoms with Gasteiger partial charge in [-0.25, -0.2) is 0 Å². The Balaban J connectivity index is 1.76. The number of amidine groups is 1. The molecule has 5 nitrogen and oxygen atoms in total. The van der Waals surface area contributed by atoms with Crippen LogP contribution in [0.3, 0.4) is 0 Å². The van der Waals surface area contributed by atoms with Gasteiger partial charge in [-0.3, -0.25) is 15.0 Å². The zero-order valence-corrected chi connectivity index (χ0v) is 19.8. The molecule has 1 amide bonds. The molecule has 3 rings (SSSR count). The molecule has 1 unspecified atom stereocenters. The van der Waals surface area contributed by atoms with Crippen molar-refractivity contribution >= 4 is 17.5 Å². The number of ketones is 1. The number of amides is 1. The van der Waals surface area contributed by atoms with E-state index in [1.807, 2.05) is 69.3 Å². The maximum atomic E-state index is 13.1. The molecule has 5 heteroatoms. The van der Waals surface area contributed by atoms with Crippen molar-refractivity contribution in [1.82, 2.24) is 10.6 Å². The van der Waals surface area contributed by atoms with Gasteiger partial charge in [-0.05, 0) is 56.4 Å². The number of Topliss-reactive ketones (excluding diaryl/α,β-unsaturated/α-hetero) is 1. The van der Waals surface area contributed by atoms with Crippen molar-refractivity contribution in [2.75, 3.05) is 0 Å². The van der Waals surface area contributed by atoms with Crippen LogP contribution in [-0.4, -0.2) is 23.1 Å². The predicted octanol–water partition coefficient (Wildman–Crippen LogP) is 4.99. The van der Waals surface area contributed by atoms with Gasteiger partial charge in [-0.2, -0.15) is 0 Å². The lowest BCUT2D eigenvalue weighted by Gasteiger charge is -2.33. The minimum absolute atomic E-state index is 0.101. The summed E-state index contributed by atoms with van der Waals surface area (Å²) in [6.45, 7) is 10.1. The molecule has 0 spiro atoms. The zero-order valence-electron chi connectivity index (χ0n) is 19.8. The summed E-state index contributed by atoms with van der Waals surface area (Å²) in [7, 11) is 0. The summed E-state index contributed by atoms with van der Waals surface area (Å²) < 4.78 is 0. The van der Waals surface area contributed by atoms with E-state index in [9.17, 15) is 9.59 Å². The van der Waals surface area contributed by atoms with Crippen molar-refractivity contribution in [2.24, 2.45) is 11.8 Å². The number of rotatable bonds is 6. The van der Waals surface area contributed by atoms with Gasteiger partial charge in [0.1, 0.15) is 5.78 Å². The fourth-order valence-corrected chi connectivity index (χ4v) is 4.34. The first-order valence-electron chi connectivity index (χ1n) is 11.4. The number of hydrogen-bond donors (Lipinski definition) is 3. The fraction of sp³-hybridized carbons (Fsp3) is 0.444. The molecular weight excluding hydrogens is 398 g/mol. The van der Waals surface area contributed by atoms with Crippen LogP contribution in [0.2, 0.25) is 0 Å². The molecule has 1 saturated heterocycles. The van der Waals surface area contributed by atoms with Crippen molar-refractivity contribution in [3.8, 4) is 0 Å². The van der Waals surface area contributed by atoms with E-state index in [0.29, 0.717) is 30.7 Å². The van der Waals surface area contributed by atoms with Crippen LogP contribution in [0.25, 0.3) is 0 Å². The average molecular weight is 434 g/mol. The van der Waals surface area contributed by atoms with E-state index < -0.39 is 5.54 Å². The maximum Gasteiger partial charge on any atom is 0.251 e. The van der Waals surface area contributed by atoms with Crippen LogP contribution in [0.15, 0.2) is 48.5 Å². The summed E-state index contributed by atoms with van der Waals surface area (Å²) in [6, 6.07) is 15.6. The van der Waals surface area contributed by atoms with Crippen LogP contribution in [-0.2, 0) is 11.2 Å². The SMILES string of the molecule is Cc1cc(CC2CC(=N)N[C@](C)(C(C)C)CC2=O)cc(C(=O)N[C@H](C)c2ccccc2)c1. The van der Waals surface area contributed by atoms with Crippen molar-refractivity contribution in [2.45, 2.75) is 65.5 Å². The van der Waals surface area contributed by atoms with Crippen LogP contribution in [0.4, 0.5) is 0 Å². The van der Waals surface area contributed by atoms with Gasteiger partial charge in [0.25, 0.3) is 5.91 Å². The molecule has 1 aliphatic heterocycles. The summed E-state index contributed by atoms with van der Waals surface area (Å²) in [5.41, 5.74) is 3.21. The van der Waals surface area contributed by atoms with E-state index in [-0.39, 0.29) is 29.6 Å². The zero-order chi connectivity index (χ0) is 23.5.